The number of hydrogen-bond donors (Lipinski definition) is 3. The van der Waals surface area contributed by atoms with Crippen molar-refractivity contribution in [3.8, 4) is 0 Å². The van der Waals surface area contributed by atoms with Gasteiger partial charge in [0.2, 0.25) is 5.91 Å². The predicted molar refractivity (Wildman–Crippen MR) is 207 cm³/mol. The molecular weight excluding hydrogens is 825 g/mol. The Balaban J connectivity index is 0.00000262. The minimum atomic E-state index is -1.19. The van der Waals surface area contributed by atoms with Crippen LogP contribution in [0.1, 0.15) is 25.3 Å². The maximum atomic E-state index is 14.0. The molecule has 2 aromatic carbocycles. The maximum absolute atomic E-state index is 14.0. The van der Waals surface area contributed by atoms with Crippen molar-refractivity contribution in [3.05, 3.63) is 62.5 Å². The highest BCUT2D eigenvalue weighted by Crippen LogP contribution is 2.37. The number of likely N-dealkylation sites (N-methyl/N-ethyl adjacent to an activating group) is 1. The summed E-state index contributed by atoms with van der Waals surface area (Å²) in [6, 6.07) is 11.7. The third-order valence-corrected chi connectivity index (χ3v) is 10.3. The van der Waals surface area contributed by atoms with E-state index < -0.39 is 23.6 Å². The fourth-order valence-electron chi connectivity index (χ4n) is 6.36. The first-order chi connectivity index (χ1) is 26.1. The van der Waals surface area contributed by atoms with E-state index in [4.69, 9.17) is 32.8 Å². The average Bonchev–Trinajstić information content (AvgIpc) is 3.28. The number of aliphatic carboxylic acids is 1. The number of nitrogens with zero attached hydrogens (tertiary/aromatic N) is 6. The van der Waals surface area contributed by atoms with Crippen LogP contribution in [-0.4, -0.2) is 162 Å². The zero-order valence-electron chi connectivity index (χ0n) is 30.7. The highest BCUT2D eigenvalue weighted by Gasteiger charge is 2.54. The molecule has 2 aliphatic rings. The molecule has 5 amide bonds. The maximum Gasteiger partial charge on any atom is 0.407 e. The van der Waals surface area contributed by atoms with Crippen LogP contribution in [0.5, 0.6) is 0 Å². The summed E-state index contributed by atoms with van der Waals surface area (Å²) in [5.41, 5.74) is -0.00590. The molecule has 3 N–H and O–H groups in total. The summed E-state index contributed by atoms with van der Waals surface area (Å²) >= 11 is 15.9. The molecule has 300 valence electrons. The fraction of sp³-hybridized carbons (Fsp3) is 0.500. The lowest BCUT2D eigenvalue weighted by Gasteiger charge is -2.32. The number of urea groups is 1. The van der Waals surface area contributed by atoms with Crippen molar-refractivity contribution in [2.75, 3.05) is 90.5 Å². The van der Waals surface area contributed by atoms with Crippen LogP contribution in [0.25, 0.3) is 0 Å². The van der Waals surface area contributed by atoms with E-state index in [-0.39, 0.29) is 57.1 Å². The molecule has 1 atom stereocenters. The molecule has 55 heavy (non-hydrogen) atoms. The standard InChI is InChI=1S/C35H46BrCl2N7O7.CO2/c1-35(22-25-5-7-26(36)8-6-25)32(49)45(29-20-27(37)19-28(38)21-29)33(50)44(35)10-4-3-9-39-30(46)23-41-13-11-40(2)12-14-42(24-31(47)48)16-18-43(17-15-41)34(51)52;2-1-3/h5-8,19-21H,3-4,9-18,22-24H2,1-2H3,(H,39,46)(H,47,48)(H,51,52);/t35-;/m0./s1. The van der Waals surface area contributed by atoms with Crippen molar-refractivity contribution >= 4 is 80.9 Å². The van der Waals surface area contributed by atoms with Gasteiger partial charge in [0.1, 0.15) is 5.54 Å². The molecule has 2 aromatic rings. The second kappa shape index (κ2) is 21.9. The number of rotatable bonds is 12. The number of carboxylic acids is 1. The first-order valence-corrected chi connectivity index (χ1v) is 19.1. The second-order valence-corrected chi connectivity index (χ2v) is 15.2. The summed E-state index contributed by atoms with van der Waals surface area (Å²) in [6.07, 6.45) is 0.501. The van der Waals surface area contributed by atoms with E-state index in [9.17, 15) is 34.2 Å². The van der Waals surface area contributed by atoms with Crippen molar-refractivity contribution in [1.82, 2.24) is 29.8 Å². The molecule has 2 aliphatic heterocycles. The van der Waals surface area contributed by atoms with Gasteiger partial charge in [0, 0.05) is 86.4 Å². The van der Waals surface area contributed by atoms with E-state index in [1.165, 1.54) is 23.1 Å². The SMILES string of the molecule is CN1CCN(CC(=O)O)CCN(C(=O)O)CCN(CC(=O)NCCCCN2C(=O)N(c3cc(Cl)cc(Cl)c3)C(=O)[C@]2(C)Cc2ccc(Br)cc2)CC1.O=C=O. The Morgan fingerprint density at radius 3 is 1.95 bits per heavy atom. The minimum Gasteiger partial charge on any atom is -0.480 e. The van der Waals surface area contributed by atoms with Crippen LogP contribution in [0.3, 0.4) is 0 Å². The lowest BCUT2D eigenvalue weighted by atomic mass is 9.91. The Hall–Kier alpha value is -4.09. The Kier molecular flexibility index (Phi) is 18.0. The van der Waals surface area contributed by atoms with Gasteiger partial charge in [0.15, 0.2) is 0 Å². The van der Waals surface area contributed by atoms with Crippen LogP contribution in [0.15, 0.2) is 46.9 Å². The van der Waals surface area contributed by atoms with E-state index in [0.717, 1.165) is 14.9 Å². The van der Waals surface area contributed by atoms with Gasteiger partial charge in [-0.3, -0.25) is 24.2 Å². The zero-order valence-corrected chi connectivity index (χ0v) is 33.8. The van der Waals surface area contributed by atoms with Crippen LogP contribution < -0.4 is 10.2 Å². The third kappa shape index (κ3) is 13.9. The van der Waals surface area contributed by atoms with Crippen LogP contribution in [-0.2, 0) is 30.4 Å². The Morgan fingerprint density at radius 2 is 1.40 bits per heavy atom. The molecule has 0 saturated carbocycles. The molecular formula is C36H46BrCl2N7O9. The van der Waals surface area contributed by atoms with Gasteiger partial charge in [-0.25, -0.2) is 14.5 Å². The fourth-order valence-corrected chi connectivity index (χ4v) is 7.14. The number of carbonyl (C=O) groups is 5. The van der Waals surface area contributed by atoms with Crippen LogP contribution in [0.2, 0.25) is 10.0 Å². The summed E-state index contributed by atoms with van der Waals surface area (Å²) in [4.78, 5) is 90.0. The molecule has 0 spiro atoms. The number of carboxylic acid groups (broad SMARTS) is 2. The zero-order chi connectivity index (χ0) is 40.7. The number of amides is 5. The number of halogens is 3. The predicted octanol–water partition coefficient (Wildman–Crippen LogP) is 3.45. The molecule has 2 saturated heterocycles. The molecule has 0 unspecified atom stereocenters. The van der Waals surface area contributed by atoms with Crippen LogP contribution in [0.4, 0.5) is 15.3 Å². The number of hydrogen-bond acceptors (Lipinski definition) is 10. The van der Waals surface area contributed by atoms with E-state index in [0.29, 0.717) is 74.4 Å². The number of benzene rings is 2. The molecule has 2 fully saturated rings. The van der Waals surface area contributed by atoms with Gasteiger partial charge in [-0.2, -0.15) is 9.59 Å². The topological polar surface area (TPSA) is 191 Å². The molecule has 16 nitrogen and oxygen atoms in total. The van der Waals surface area contributed by atoms with Crippen molar-refractivity contribution in [2.24, 2.45) is 0 Å². The van der Waals surface area contributed by atoms with E-state index in [2.05, 4.69) is 26.1 Å². The minimum absolute atomic E-state index is 0.0773. The molecule has 0 bridgehead atoms. The Morgan fingerprint density at radius 1 is 0.855 bits per heavy atom. The van der Waals surface area contributed by atoms with Gasteiger partial charge in [-0.15, -0.1) is 0 Å². The van der Waals surface area contributed by atoms with E-state index in [1.54, 1.807) is 16.7 Å². The molecule has 0 radical (unpaired) electrons. The molecule has 4 rings (SSSR count). The second-order valence-electron chi connectivity index (χ2n) is 13.4. The van der Waals surface area contributed by atoms with Crippen molar-refractivity contribution in [1.29, 1.82) is 0 Å². The Labute approximate surface area is 338 Å². The van der Waals surface area contributed by atoms with Crippen LogP contribution in [0, 0.1) is 0 Å². The van der Waals surface area contributed by atoms with Crippen molar-refractivity contribution in [3.63, 3.8) is 0 Å². The summed E-state index contributed by atoms with van der Waals surface area (Å²) in [7, 11) is 1.93. The number of imide groups is 1. The number of anilines is 1. The van der Waals surface area contributed by atoms with E-state index in [1.807, 2.05) is 36.2 Å². The number of nitrogens with one attached hydrogen (secondary N) is 1. The molecule has 2 heterocycles. The number of carbonyl (C=O) groups excluding carboxylic acids is 5. The quantitative estimate of drug-likeness (QED) is 0.208. The van der Waals surface area contributed by atoms with Gasteiger partial charge in [0.25, 0.3) is 5.91 Å². The van der Waals surface area contributed by atoms with Gasteiger partial charge in [0.05, 0.1) is 18.8 Å². The third-order valence-electron chi connectivity index (χ3n) is 9.34. The average molecular weight is 872 g/mol. The monoisotopic (exact) mass is 869 g/mol. The summed E-state index contributed by atoms with van der Waals surface area (Å²) in [6.45, 7) is 5.45. The highest BCUT2D eigenvalue weighted by molar-refractivity contribution is 9.10. The van der Waals surface area contributed by atoms with Crippen molar-refractivity contribution < 1.29 is 43.8 Å². The first-order valence-electron chi connectivity index (χ1n) is 17.5. The molecule has 0 aliphatic carbocycles. The first kappa shape index (κ1) is 45.3. The highest BCUT2D eigenvalue weighted by atomic mass is 79.9. The summed E-state index contributed by atoms with van der Waals surface area (Å²) in [5.74, 6) is -1.56. The van der Waals surface area contributed by atoms with Gasteiger partial charge < -0.3 is 30.2 Å². The molecule has 0 aromatic heterocycles. The summed E-state index contributed by atoms with van der Waals surface area (Å²) in [5, 5.41) is 22.5. The summed E-state index contributed by atoms with van der Waals surface area (Å²) < 4.78 is 0.896. The van der Waals surface area contributed by atoms with Crippen LogP contribution >= 0.6 is 39.1 Å². The lowest BCUT2D eigenvalue weighted by molar-refractivity contribution is -0.191. The van der Waals surface area contributed by atoms with Gasteiger partial charge in [-0.05, 0) is 62.7 Å². The largest absolute Gasteiger partial charge is 0.480 e. The van der Waals surface area contributed by atoms with E-state index >= 15 is 0 Å². The Bertz CT molecular complexity index is 1680. The lowest BCUT2D eigenvalue weighted by Crippen LogP contribution is -2.49. The van der Waals surface area contributed by atoms with Gasteiger partial charge >= 0.3 is 24.2 Å². The van der Waals surface area contributed by atoms with Crippen molar-refractivity contribution in [2.45, 2.75) is 31.7 Å². The number of unbranched alkanes of at least 4 members (excludes halogenated alkanes) is 1. The van der Waals surface area contributed by atoms with Gasteiger partial charge in [-0.1, -0.05) is 51.3 Å². The normalized spacial score (nSPS) is 19.2. The molecule has 19 heteroatoms. The smallest absolute Gasteiger partial charge is 0.407 e.